The van der Waals surface area contributed by atoms with E-state index in [4.69, 9.17) is 8.97 Å². The van der Waals surface area contributed by atoms with Crippen molar-refractivity contribution in [3.8, 4) is 0 Å². The Kier molecular flexibility index (Phi) is 3.92. The van der Waals surface area contributed by atoms with Crippen molar-refractivity contribution >= 4 is 50.6 Å². The minimum atomic E-state index is -4.53. The van der Waals surface area contributed by atoms with E-state index in [0.717, 1.165) is 6.07 Å². The predicted octanol–water partition coefficient (Wildman–Crippen LogP) is 0.659. The van der Waals surface area contributed by atoms with Gasteiger partial charge in [0.25, 0.3) is 0 Å². The van der Waals surface area contributed by atoms with Gasteiger partial charge in [0.2, 0.25) is 0 Å². The van der Waals surface area contributed by atoms with Gasteiger partial charge in [0, 0.05) is 34.9 Å². The van der Waals surface area contributed by atoms with Gasteiger partial charge in [-0.3, -0.25) is 4.55 Å². The second-order valence-corrected chi connectivity index (χ2v) is 4.30. The Morgan fingerprint density at radius 3 is 2.44 bits per heavy atom. The maximum Gasteiger partial charge on any atom is 0.357 e. The topological polar surface area (TPSA) is 84.6 Å². The molecule has 7 heteroatoms. The van der Waals surface area contributed by atoms with Crippen LogP contribution in [-0.4, -0.2) is 42.5 Å². The summed E-state index contributed by atoms with van der Waals surface area (Å²) < 4.78 is 35.1. The monoisotopic (exact) mass is 249 g/mol. The van der Waals surface area contributed by atoms with Crippen LogP contribution in [0.3, 0.4) is 0 Å². The second kappa shape index (κ2) is 4.68. The summed E-state index contributed by atoms with van der Waals surface area (Å²) in [5.41, 5.74) is -0.800. The molecule has 0 saturated heterocycles. The number of hydrogen-bond donors (Lipinski definition) is 1. The summed E-state index contributed by atoms with van der Waals surface area (Å²) in [5.74, 6) is 0. The van der Waals surface area contributed by atoms with Gasteiger partial charge < -0.3 is 4.42 Å². The van der Waals surface area contributed by atoms with Crippen molar-refractivity contribution in [2.24, 2.45) is 0 Å². The molecule has 79 valence electrons. The normalized spacial score (nSPS) is 11.1. The average molecular weight is 249 g/mol. The molecule has 1 radical (unpaired) electrons. The van der Waals surface area contributed by atoms with Crippen LogP contribution in [0.4, 0.5) is 0 Å². The molecular formula is C9H6NaO5S. The van der Waals surface area contributed by atoms with E-state index in [2.05, 4.69) is 0 Å². The third-order valence-electron chi connectivity index (χ3n) is 1.89. The molecule has 1 aromatic carbocycles. The number of benzene rings is 1. The van der Waals surface area contributed by atoms with E-state index in [1.165, 1.54) is 6.07 Å². The zero-order valence-corrected chi connectivity index (χ0v) is 11.2. The molecule has 2 rings (SSSR count). The molecule has 0 fully saturated rings. The second-order valence-electron chi connectivity index (χ2n) is 2.91. The van der Waals surface area contributed by atoms with E-state index in [0.29, 0.717) is 5.39 Å². The molecule has 1 heterocycles. The molecular weight excluding hydrogens is 243 g/mol. The Balaban J connectivity index is 0.00000128. The molecule has 5 nitrogen and oxygen atoms in total. The molecule has 0 amide bonds. The summed E-state index contributed by atoms with van der Waals surface area (Å²) in [6.45, 7) is 0. The fourth-order valence-electron chi connectivity index (χ4n) is 1.22. The quantitative estimate of drug-likeness (QED) is 0.456. The van der Waals surface area contributed by atoms with Crippen molar-refractivity contribution in [3.63, 3.8) is 0 Å². The molecule has 0 saturated carbocycles. The maximum absolute atomic E-state index is 11.2. The number of fused-ring (bicyclic) bond motifs is 1. The summed E-state index contributed by atoms with van der Waals surface area (Å²) in [6, 6.07) is 7.50. The molecule has 2 aromatic rings. The van der Waals surface area contributed by atoms with Gasteiger partial charge in [0.15, 0.2) is 4.90 Å². The van der Waals surface area contributed by atoms with E-state index >= 15 is 0 Å². The molecule has 0 spiro atoms. The van der Waals surface area contributed by atoms with Gasteiger partial charge in [-0.1, -0.05) is 18.2 Å². The molecule has 0 aliphatic carbocycles. The summed E-state index contributed by atoms with van der Waals surface area (Å²) in [5, 5.41) is 0.435. The van der Waals surface area contributed by atoms with Gasteiger partial charge in [0.1, 0.15) is 5.58 Å². The van der Waals surface area contributed by atoms with Crippen LogP contribution in [0.5, 0.6) is 0 Å². The van der Waals surface area contributed by atoms with E-state index in [9.17, 15) is 13.2 Å². The van der Waals surface area contributed by atoms with Crippen LogP contribution in [0.15, 0.2) is 44.4 Å². The average Bonchev–Trinajstić information content (AvgIpc) is 2.15. The molecule has 16 heavy (non-hydrogen) atoms. The van der Waals surface area contributed by atoms with E-state index in [-0.39, 0.29) is 35.1 Å². The molecule has 0 aliphatic rings. The zero-order chi connectivity index (χ0) is 11.1. The summed E-state index contributed by atoms with van der Waals surface area (Å²) >= 11 is 0. The van der Waals surface area contributed by atoms with Crippen molar-refractivity contribution in [1.82, 2.24) is 0 Å². The number of para-hydroxylation sites is 1. The van der Waals surface area contributed by atoms with Crippen molar-refractivity contribution in [2.45, 2.75) is 4.90 Å². The van der Waals surface area contributed by atoms with Crippen LogP contribution in [-0.2, 0) is 10.1 Å². The van der Waals surface area contributed by atoms with Crippen molar-refractivity contribution in [1.29, 1.82) is 0 Å². The van der Waals surface area contributed by atoms with Crippen LogP contribution in [0.2, 0.25) is 0 Å². The minimum absolute atomic E-state index is 0. The van der Waals surface area contributed by atoms with Crippen molar-refractivity contribution in [3.05, 3.63) is 40.8 Å². The van der Waals surface area contributed by atoms with E-state index < -0.39 is 20.6 Å². The van der Waals surface area contributed by atoms with Gasteiger partial charge >= 0.3 is 15.7 Å². The summed E-state index contributed by atoms with van der Waals surface area (Å²) in [4.78, 5) is 10.4. The van der Waals surface area contributed by atoms with Crippen LogP contribution >= 0.6 is 0 Å². The fraction of sp³-hybridized carbons (Fsp3) is 0. The summed E-state index contributed by atoms with van der Waals surface area (Å²) in [6.07, 6.45) is 0. The minimum Gasteiger partial charge on any atom is -0.422 e. The number of rotatable bonds is 1. The van der Waals surface area contributed by atoms with Crippen molar-refractivity contribution < 1.29 is 17.4 Å². The molecule has 0 unspecified atom stereocenters. The van der Waals surface area contributed by atoms with Crippen molar-refractivity contribution in [2.75, 3.05) is 0 Å². The maximum atomic E-state index is 11.2. The van der Waals surface area contributed by atoms with Gasteiger partial charge in [-0.05, 0) is 12.1 Å². The van der Waals surface area contributed by atoms with Crippen LogP contribution in [0, 0.1) is 0 Å². The zero-order valence-electron chi connectivity index (χ0n) is 8.38. The Morgan fingerprint density at radius 2 is 1.81 bits per heavy atom. The molecule has 0 aliphatic heterocycles. The van der Waals surface area contributed by atoms with Crippen LogP contribution in [0.25, 0.3) is 11.0 Å². The standard InChI is InChI=1S/C9H6O5S.Na/c10-9-8(15(11,12)13)5-6-3-1-2-4-7(6)14-9;/h1-5H,(H,11,12,13);. The van der Waals surface area contributed by atoms with E-state index in [1.807, 2.05) is 0 Å². The van der Waals surface area contributed by atoms with Gasteiger partial charge in [-0.15, -0.1) is 0 Å². The van der Waals surface area contributed by atoms with Crippen LogP contribution in [0.1, 0.15) is 0 Å². The molecule has 1 aromatic heterocycles. The first-order valence-corrected chi connectivity index (χ1v) is 5.43. The first-order chi connectivity index (χ1) is 6.98. The summed E-state index contributed by atoms with van der Waals surface area (Å²) in [7, 11) is -4.53. The first kappa shape index (κ1) is 13.4. The third-order valence-corrected chi connectivity index (χ3v) is 2.73. The predicted molar refractivity (Wildman–Crippen MR) is 58.1 cm³/mol. The third kappa shape index (κ3) is 2.53. The smallest absolute Gasteiger partial charge is 0.357 e. The Morgan fingerprint density at radius 1 is 1.19 bits per heavy atom. The Bertz CT molecular complexity index is 674. The Labute approximate surface area is 113 Å². The molecule has 1 N–H and O–H groups in total. The van der Waals surface area contributed by atoms with Crippen LogP contribution < -0.4 is 5.63 Å². The number of hydrogen-bond acceptors (Lipinski definition) is 4. The molecule has 0 bridgehead atoms. The molecule has 0 atom stereocenters. The van der Waals surface area contributed by atoms with Gasteiger partial charge in [0.05, 0.1) is 0 Å². The first-order valence-electron chi connectivity index (χ1n) is 3.99. The van der Waals surface area contributed by atoms with Gasteiger partial charge in [-0.25, -0.2) is 4.79 Å². The SMILES string of the molecule is O=c1oc2ccccc2cc1S(=O)(=O)O.[Na]. The van der Waals surface area contributed by atoms with E-state index in [1.54, 1.807) is 18.2 Å². The largest absolute Gasteiger partial charge is 0.422 e. The Hall–Kier alpha value is -0.660. The van der Waals surface area contributed by atoms with Gasteiger partial charge in [-0.2, -0.15) is 8.42 Å². The fourth-order valence-corrected chi connectivity index (χ4v) is 1.75.